The van der Waals surface area contributed by atoms with Crippen molar-refractivity contribution in [2.45, 2.75) is 63.5 Å². The molecule has 4 atom stereocenters. The van der Waals surface area contributed by atoms with Gasteiger partial charge in [0, 0.05) is 17.5 Å². The fraction of sp³-hybridized carbons (Fsp3) is 0.393. The van der Waals surface area contributed by atoms with Crippen molar-refractivity contribution in [2.75, 3.05) is 5.32 Å². The number of pyridine rings is 1. The van der Waals surface area contributed by atoms with Gasteiger partial charge in [-0.05, 0) is 80.0 Å². The van der Waals surface area contributed by atoms with E-state index in [-0.39, 0.29) is 41.2 Å². The third-order valence-corrected chi connectivity index (χ3v) is 7.99. The lowest BCUT2D eigenvalue weighted by molar-refractivity contribution is 0.0654. The molecule has 0 radical (unpaired) electrons. The van der Waals surface area contributed by atoms with E-state index in [0.717, 1.165) is 24.1 Å². The molecule has 3 heterocycles. The van der Waals surface area contributed by atoms with E-state index in [0.29, 0.717) is 22.9 Å². The van der Waals surface area contributed by atoms with Crippen LogP contribution in [0.4, 0.5) is 20.4 Å². The molecule has 0 amide bonds. The molecule has 1 aliphatic carbocycles. The molecule has 10 heteroatoms. The zero-order valence-electron chi connectivity index (χ0n) is 21.6. The summed E-state index contributed by atoms with van der Waals surface area (Å²) in [4.78, 5) is 8.77. The Morgan fingerprint density at radius 3 is 2.63 bits per heavy atom. The van der Waals surface area contributed by atoms with Gasteiger partial charge in [-0.25, -0.2) is 13.8 Å². The van der Waals surface area contributed by atoms with E-state index in [1.807, 2.05) is 19.9 Å². The molecule has 38 heavy (non-hydrogen) atoms. The number of thiol groups is 1. The lowest BCUT2D eigenvalue weighted by Crippen LogP contribution is -2.41. The van der Waals surface area contributed by atoms with Crippen LogP contribution in [0.2, 0.25) is 0 Å². The molecule has 1 aliphatic rings. The number of nitrogens with zero attached hydrogens (tertiary/aromatic N) is 4. The Hall–Kier alpha value is -3.08. The third-order valence-electron chi connectivity index (χ3n) is 7.10. The summed E-state index contributed by atoms with van der Waals surface area (Å²) in [6, 6.07) is 7.88. The molecular weight excluding hydrogens is 506 g/mol. The van der Waals surface area contributed by atoms with Crippen molar-refractivity contribution in [3.63, 3.8) is 0 Å². The summed E-state index contributed by atoms with van der Waals surface area (Å²) in [5.74, 6) is -0.371. The minimum absolute atomic E-state index is 0.00213. The van der Waals surface area contributed by atoms with E-state index in [4.69, 9.17) is 10.5 Å². The zero-order chi connectivity index (χ0) is 27.0. The normalized spacial score (nSPS) is 21.8. The maximum Gasteiger partial charge on any atom is 0.229 e. The number of imidazole rings is 1. The molecule has 5 rings (SSSR count). The van der Waals surface area contributed by atoms with Gasteiger partial charge in [0.15, 0.2) is 0 Å². The van der Waals surface area contributed by atoms with Gasteiger partial charge < -0.3 is 15.8 Å². The number of fused-ring (bicyclic) bond motifs is 1. The van der Waals surface area contributed by atoms with E-state index in [9.17, 15) is 0 Å². The number of halogens is 2. The van der Waals surface area contributed by atoms with Crippen molar-refractivity contribution < 1.29 is 13.5 Å². The van der Waals surface area contributed by atoms with Crippen LogP contribution < -0.4 is 11.1 Å². The zero-order valence-corrected chi connectivity index (χ0v) is 22.5. The first-order valence-corrected chi connectivity index (χ1v) is 13.3. The van der Waals surface area contributed by atoms with E-state index in [2.05, 4.69) is 39.9 Å². The maximum absolute atomic E-state index is 15.0. The largest absolute Gasteiger partial charge is 0.374 e. The number of nitrogens with one attached hydrogen (secondary N) is 1. The molecule has 7 nitrogen and oxygen atoms in total. The molecule has 0 aliphatic heterocycles. The fourth-order valence-corrected chi connectivity index (χ4v) is 5.38. The summed E-state index contributed by atoms with van der Waals surface area (Å²) in [5.41, 5.74) is 9.32. The summed E-state index contributed by atoms with van der Waals surface area (Å²) in [5, 5.41) is 8.04. The predicted molar refractivity (Wildman–Crippen MR) is 148 cm³/mol. The number of hydrogen-bond donors (Lipinski definition) is 3. The van der Waals surface area contributed by atoms with Crippen LogP contribution >= 0.6 is 12.6 Å². The maximum atomic E-state index is 15.0. The Kier molecular flexibility index (Phi) is 7.65. The summed E-state index contributed by atoms with van der Waals surface area (Å²) in [6.45, 7) is 6.04. The quantitative estimate of drug-likeness (QED) is 0.255. The molecule has 0 bridgehead atoms. The van der Waals surface area contributed by atoms with Crippen LogP contribution in [0.3, 0.4) is 0 Å². The highest BCUT2D eigenvalue weighted by Gasteiger charge is 2.33. The Labute approximate surface area is 226 Å². The van der Waals surface area contributed by atoms with Crippen molar-refractivity contribution in [3.8, 4) is 11.3 Å². The minimum Gasteiger partial charge on any atom is -0.374 e. The second kappa shape index (κ2) is 11.0. The first kappa shape index (κ1) is 26.5. The predicted octanol–water partition coefficient (Wildman–Crippen LogP) is 5.88. The van der Waals surface area contributed by atoms with Gasteiger partial charge in [-0.1, -0.05) is 6.92 Å². The SMILES string of the molecule is CC(C)OCc1cc(F)c(-c2ccc3cnc(Nc4cnccc4C4CC(C)C(S)C(N)C4)n3n2)c(F)c1. The van der Waals surface area contributed by atoms with Gasteiger partial charge in [-0.2, -0.15) is 22.2 Å². The van der Waals surface area contributed by atoms with Crippen LogP contribution in [0.1, 0.15) is 50.7 Å². The number of ether oxygens (including phenoxy) is 1. The second-order valence-corrected chi connectivity index (χ2v) is 10.9. The van der Waals surface area contributed by atoms with Gasteiger partial charge in [0.25, 0.3) is 0 Å². The molecule has 3 aromatic heterocycles. The Morgan fingerprint density at radius 2 is 1.92 bits per heavy atom. The molecule has 4 unspecified atom stereocenters. The van der Waals surface area contributed by atoms with Gasteiger partial charge in [-0.3, -0.25) is 4.98 Å². The number of aromatic nitrogens is 4. The minimum atomic E-state index is -0.700. The fourth-order valence-electron chi connectivity index (χ4n) is 5.13. The second-order valence-electron chi connectivity index (χ2n) is 10.3. The van der Waals surface area contributed by atoms with Gasteiger partial charge in [0.2, 0.25) is 5.95 Å². The Morgan fingerprint density at radius 1 is 1.16 bits per heavy atom. The average molecular weight is 539 g/mol. The van der Waals surface area contributed by atoms with Crippen LogP contribution in [0, 0.1) is 17.6 Å². The van der Waals surface area contributed by atoms with Crippen molar-refractivity contribution in [1.29, 1.82) is 0 Å². The highest BCUT2D eigenvalue weighted by Crippen LogP contribution is 2.40. The summed E-state index contributed by atoms with van der Waals surface area (Å²) >= 11 is 4.69. The highest BCUT2D eigenvalue weighted by atomic mass is 32.1. The third kappa shape index (κ3) is 5.39. The summed E-state index contributed by atoms with van der Waals surface area (Å²) in [6.07, 6.45) is 6.90. The van der Waals surface area contributed by atoms with E-state index in [1.54, 1.807) is 35.2 Å². The molecule has 1 aromatic carbocycles. The van der Waals surface area contributed by atoms with Crippen LogP contribution in [-0.4, -0.2) is 37.0 Å². The number of benzene rings is 1. The molecule has 0 spiro atoms. The summed E-state index contributed by atoms with van der Waals surface area (Å²) in [7, 11) is 0. The van der Waals surface area contributed by atoms with Crippen LogP contribution in [0.15, 0.2) is 48.9 Å². The van der Waals surface area contributed by atoms with Crippen LogP contribution in [0.5, 0.6) is 0 Å². The monoisotopic (exact) mass is 538 g/mol. The van der Waals surface area contributed by atoms with Gasteiger partial charge in [0.05, 0.1) is 47.6 Å². The molecule has 3 N–H and O–H groups in total. The van der Waals surface area contributed by atoms with Crippen LogP contribution in [0.25, 0.3) is 16.8 Å². The van der Waals surface area contributed by atoms with Crippen molar-refractivity contribution in [2.24, 2.45) is 11.7 Å². The molecule has 0 saturated heterocycles. The van der Waals surface area contributed by atoms with E-state index in [1.165, 1.54) is 12.1 Å². The van der Waals surface area contributed by atoms with Crippen molar-refractivity contribution in [3.05, 3.63) is 71.7 Å². The molecule has 1 saturated carbocycles. The lowest BCUT2D eigenvalue weighted by Gasteiger charge is -2.37. The Balaban J connectivity index is 1.46. The molecule has 4 aromatic rings. The average Bonchev–Trinajstić information content (AvgIpc) is 3.27. The van der Waals surface area contributed by atoms with Gasteiger partial charge in [-0.15, -0.1) is 0 Å². The van der Waals surface area contributed by atoms with Crippen molar-refractivity contribution >= 4 is 29.8 Å². The van der Waals surface area contributed by atoms with E-state index >= 15 is 8.78 Å². The number of anilines is 2. The van der Waals surface area contributed by atoms with Gasteiger partial charge in [0.1, 0.15) is 11.6 Å². The lowest BCUT2D eigenvalue weighted by atomic mass is 9.76. The van der Waals surface area contributed by atoms with E-state index < -0.39 is 11.6 Å². The molecule has 200 valence electrons. The highest BCUT2D eigenvalue weighted by molar-refractivity contribution is 7.81. The number of hydrogen-bond acceptors (Lipinski definition) is 7. The first-order valence-electron chi connectivity index (χ1n) is 12.8. The number of rotatable bonds is 7. The van der Waals surface area contributed by atoms with Crippen molar-refractivity contribution in [1.82, 2.24) is 19.6 Å². The summed E-state index contributed by atoms with van der Waals surface area (Å²) < 4.78 is 37.1. The number of nitrogens with two attached hydrogens (primary N) is 1. The molecule has 1 fully saturated rings. The Bertz CT molecular complexity index is 1410. The van der Waals surface area contributed by atoms with Crippen LogP contribution in [-0.2, 0) is 11.3 Å². The smallest absolute Gasteiger partial charge is 0.229 e. The van der Waals surface area contributed by atoms with Gasteiger partial charge >= 0.3 is 0 Å². The first-order chi connectivity index (χ1) is 18.2. The molecular formula is C28H32F2N6OS. The standard InChI is InChI=1S/C28H32F2N6OS/c1-15(2)37-14-17-9-21(29)26(22(30)10-17)24-5-4-19-12-33-28(36(19)35-24)34-25-13-32-7-6-20(25)18-8-16(3)27(38)23(31)11-18/h4-7,9-10,12-13,15-16,18,23,27,38H,8,11,14,31H2,1-3H3,(H,33,34). The topological polar surface area (TPSA) is 90.4 Å².